The van der Waals surface area contributed by atoms with Crippen LogP contribution in [0.25, 0.3) is 5.69 Å². The van der Waals surface area contributed by atoms with Gasteiger partial charge in [-0.05, 0) is 105 Å². The smallest absolute Gasteiger partial charge is 0.174 e. The quantitative estimate of drug-likeness (QED) is 0.197. The first-order valence-electron chi connectivity index (χ1n) is 13.3. The largest absolute Gasteiger partial charge is 0.457 e. The number of aryl methyl sites for hydroxylation is 2. The van der Waals surface area contributed by atoms with Crippen LogP contribution in [-0.4, -0.2) is 14.7 Å². The van der Waals surface area contributed by atoms with Gasteiger partial charge in [0, 0.05) is 23.3 Å². The molecule has 8 heteroatoms. The number of pyridine rings is 1. The number of hydrogen-bond donors (Lipinski definition) is 1. The van der Waals surface area contributed by atoms with E-state index >= 15 is 0 Å². The lowest BCUT2D eigenvalue weighted by molar-refractivity contribution is 0.482. The molecule has 3 heterocycles. The molecule has 1 saturated heterocycles. The molecule has 2 atom stereocenters. The van der Waals surface area contributed by atoms with Crippen LogP contribution in [0.3, 0.4) is 0 Å². The van der Waals surface area contributed by atoms with Gasteiger partial charge in [0.05, 0.1) is 33.5 Å². The summed E-state index contributed by atoms with van der Waals surface area (Å²) in [4.78, 5) is 6.86. The zero-order valence-corrected chi connectivity index (χ0v) is 25.1. The normalized spacial score (nSPS) is 16.6. The van der Waals surface area contributed by atoms with Crippen molar-refractivity contribution in [2.45, 2.75) is 32.9 Å². The molecule has 1 fully saturated rings. The van der Waals surface area contributed by atoms with Crippen LogP contribution >= 0.6 is 35.4 Å². The van der Waals surface area contributed by atoms with Gasteiger partial charge < -0.3 is 19.5 Å². The highest BCUT2D eigenvalue weighted by Gasteiger charge is 2.42. The monoisotopic (exact) mass is 598 g/mol. The fraction of sp³-hybridized carbons (Fsp3) is 0.152. The lowest BCUT2D eigenvalue weighted by Crippen LogP contribution is -2.29. The number of rotatable bonds is 6. The van der Waals surface area contributed by atoms with E-state index in [-0.39, 0.29) is 12.1 Å². The summed E-state index contributed by atoms with van der Waals surface area (Å²) in [5.74, 6) is 1.55. The molecule has 6 rings (SSSR count). The van der Waals surface area contributed by atoms with E-state index in [2.05, 4.69) is 41.6 Å². The number of ether oxygens (including phenoxy) is 1. The second-order valence-corrected chi connectivity index (χ2v) is 11.3. The number of halogens is 2. The van der Waals surface area contributed by atoms with Crippen molar-refractivity contribution in [1.82, 2.24) is 14.9 Å². The molecule has 5 aromatic rings. The molecule has 206 valence electrons. The third kappa shape index (κ3) is 5.19. The highest BCUT2D eigenvalue weighted by Crippen LogP contribution is 2.44. The second kappa shape index (κ2) is 11.2. The van der Waals surface area contributed by atoms with Gasteiger partial charge in [-0.3, -0.25) is 4.98 Å². The summed E-state index contributed by atoms with van der Waals surface area (Å²) in [5, 5.41) is 5.21. The fourth-order valence-corrected chi connectivity index (χ4v) is 6.22. The van der Waals surface area contributed by atoms with E-state index in [4.69, 9.17) is 45.1 Å². The van der Waals surface area contributed by atoms with Gasteiger partial charge in [-0.15, -0.1) is 0 Å². The van der Waals surface area contributed by atoms with E-state index in [0.29, 0.717) is 15.2 Å². The number of thiocarbonyl (C=S) groups is 1. The predicted molar refractivity (Wildman–Crippen MR) is 171 cm³/mol. The minimum atomic E-state index is -0.170. The van der Waals surface area contributed by atoms with Crippen LogP contribution in [-0.2, 0) is 0 Å². The standard InChI is InChI=1S/C33H28Cl2N4OS/c1-20-10-14-24(15-11-20)40-25-16-12-23(13-17-25)39-32(31(37-33(39)41)28-8-4-5-18-36-28)26-19-21(2)38(22(26)3)29-9-6-7-27(34)30(29)35/h4-19,31-32H,1-3H3,(H,37,41)/t31-,32+/m1/s1. The third-order valence-electron chi connectivity index (χ3n) is 7.43. The third-order valence-corrected chi connectivity index (χ3v) is 8.55. The van der Waals surface area contributed by atoms with Gasteiger partial charge in [-0.25, -0.2) is 0 Å². The summed E-state index contributed by atoms with van der Waals surface area (Å²) < 4.78 is 8.23. The van der Waals surface area contributed by atoms with E-state index in [0.717, 1.165) is 45.5 Å². The number of nitrogens with zero attached hydrogens (tertiary/aromatic N) is 3. The van der Waals surface area contributed by atoms with Crippen molar-refractivity contribution in [3.8, 4) is 17.2 Å². The molecule has 1 N–H and O–H groups in total. The van der Waals surface area contributed by atoms with E-state index in [9.17, 15) is 0 Å². The minimum Gasteiger partial charge on any atom is -0.457 e. The lowest BCUT2D eigenvalue weighted by atomic mass is 9.96. The van der Waals surface area contributed by atoms with Crippen molar-refractivity contribution in [1.29, 1.82) is 0 Å². The summed E-state index contributed by atoms with van der Waals surface area (Å²) in [6, 6.07) is 29.5. The van der Waals surface area contributed by atoms with Gasteiger partial charge >= 0.3 is 0 Å². The maximum absolute atomic E-state index is 6.68. The highest BCUT2D eigenvalue weighted by molar-refractivity contribution is 7.80. The van der Waals surface area contributed by atoms with Crippen LogP contribution in [0, 0.1) is 20.8 Å². The van der Waals surface area contributed by atoms with Gasteiger partial charge in [-0.1, -0.05) is 53.0 Å². The van der Waals surface area contributed by atoms with Crippen LogP contribution in [0.2, 0.25) is 10.0 Å². The summed E-state index contributed by atoms with van der Waals surface area (Å²) in [7, 11) is 0. The van der Waals surface area contributed by atoms with Gasteiger partial charge in [0.2, 0.25) is 0 Å². The van der Waals surface area contributed by atoms with E-state index < -0.39 is 0 Å². The Kier molecular flexibility index (Phi) is 7.47. The molecule has 0 aliphatic carbocycles. The minimum absolute atomic E-state index is 0.167. The Morgan fingerprint density at radius 3 is 2.24 bits per heavy atom. The molecular formula is C33H28Cl2N4OS. The zero-order valence-electron chi connectivity index (χ0n) is 22.8. The first-order chi connectivity index (χ1) is 19.8. The van der Waals surface area contributed by atoms with Gasteiger partial charge in [-0.2, -0.15) is 0 Å². The average Bonchev–Trinajstić information content (AvgIpc) is 3.47. The molecule has 2 aromatic heterocycles. The van der Waals surface area contributed by atoms with Crippen LogP contribution in [0.1, 0.15) is 40.3 Å². The summed E-state index contributed by atoms with van der Waals surface area (Å²) >= 11 is 19.0. The molecular weight excluding hydrogens is 571 g/mol. The van der Waals surface area contributed by atoms with Crippen LogP contribution < -0.4 is 15.0 Å². The van der Waals surface area contributed by atoms with Gasteiger partial charge in [0.15, 0.2) is 5.11 Å². The topological polar surface area (TPSA) is 42.3 Å². The molecule has 0 spiro atoms. The van der Waals surface area contributed by atoms with E-state index in [1.54, 1.807) is 6.07 Å². The first-order valence-corrected chi connectivity index (χ1v) is 14.5. The number of aromatic nitrogens is 2. The van der Waals surface area contributed by atoms with Crippen molar-refractivity contribution >= 4 is 46.2 Å². The first kappa shape index (κ1) is 27.3. The molecule has 0 amide bonds. The molecule has 1 aliphatic rings. The second-order valence-electron chi connectivity index (χ2n) is 10.1. The molecule has 1 aliphatic heterocycles. The lowest BCUT2D eigenvalue weighted by Gasteiger charge is -2.28. The van der Waals surface area contributed by atoms with Gasteiger partial charge in [0.25, 0.3) is 0 Å². The summed E-state index contributed by atoms with van der Waals surface area (Å²) in [6.07, 6.45) is 1.81. The Balaban J connectivity index is 1.42. The van der Waals surface area contributed by atoms with Crippen molar-refractivity contribution < 1.29 is 4.74 Å². The predicted octanol–water partition coefficient (Wildman–Crippen LogP) is 9.07. The molecule has 0 unspecified atom stereocenters. The van der Waals surface area contributed by atoms with E-state index in [1.807, 2.05) is 85.1 Å². The van der Waals surface area contributed by atoms with Crippen molar-refractivity contribution in [2.75, 3.05) is 4.90 Å². The summed E-state index contributed by atoms with van der Waals surface area (Å²) in [5.41, 5.74) is 7.09. The maximum Gasteiger partial charge on any atom is 0.174 e. The van der Waals surface area contributed by atoms with E-state index in [1.165, 1.54) is 5.56 Å². The van der Waals surface area contributed by atoms with Crippen LogP contribution in [0.15, 0.2) is 97.2 Å². The Morgan fingerprint density at radius 1 is 0.854 bits per heavy atom. The number of anilines is 1. The van der Waals surface area contributed by atoms with Crippen molar-refractivity contribution in [2.24, 2.45) is 0 Å². The number of hydrogen-bond acceptors (Lipinski definition) is 3. The fourth-order valence-electron chi connectivity index (χ4n) is 5.49. The summed E-state index contributed by atoms with van der Waals surface area (Å²) in [6.45, 7) is 6.24. The molecule has 3 aromatic carbocycles. The molecule has 0 saturated carbocycles. The Labute approximate surface area is 255 Å². The molecule has 5 nitrogen and oxygen atoms in total. The SMILES string of the molecule is Cc1ccc(Oc2ccc(N3C(=S)N[C@H](c4ccccn4)[C@@H]3c3cc(C)n(-c4cccc(Cl)c4Cl)c3C)cc2)cc1. The Morgan fingerprint density at radius 2 is 1.56 bits per heavy atom. The molecule has 0 radical (unpaired) electrons. The van der Waals surface area contributed by atoms with Crippen LogP contribution in [0.4, 0.5) is 5.69 Å². The Bertz CT molecular complexity index is 1720. The number of benzene rings is 3. The van der Waals surface area contributed by atoms with Crippen molar-refractivity contribution in [3.05, 3.63) is 135 Å². The average molecular weight is 600 g/mol. The number of nitrogens with one attached hydrogen (secondary N) is 1. The molecule has 41 heavy (non-hydrogen) atoms. The Hall–Kier alpha value is -3.84. The highest BCUT2D eigenvalue weighted by atomic mass is 35.5. The maximum atomic E-state index is 6.68. The molecule has 0 bridgehead atoms. The van der Waals surface area contributed by atoms with Crippen molar-refractivity contribution in [3.63, 3.8) is 0 Å². The van der Waals surface area contributed by atoms with Gasteiger partial charge in [0.1, 0.15) is 11.5 Å². The zero-order chi connectivity index (χ0) is 28.7. The van der Waals surface area contributed by atoms with Crippen LogP contribution in [0.5, 0.6) is 11.5 Å².